The largest absolute Gasteiger partial charge is 0.385 e. The Labute approximate surface area is 71.7 Å². The molecule has 0 rings (SSSR count). The van der Waals surface area contributed by atoms with Gasteiger partial charge in [-0.3, -0.25) is 0 Å². The normalized spacial score (nSPS) is 5.00. The topological polar surface area (TPSA) is 26.0 Å². The van der Waals surface area contributed by atoms with Crippen molar-refractivity contribution in [3.63, 3.8) is 0 Å². The van der Waals surface area contributed by atoms with Crippen LogP contribution in [-0.2, 0) is 0 Å². The van der Waals surface area contributed by atoms with Crippen LogP contribution in [0.2, 0.25) is 0 Å². The molecule has 4 heteroatoms. The van der Waals surface area contributed by atoms with E-state index >= 15 is 0 Å². The average molecular weight is 133 g/mol. The molecule has 0 aromatic carbocycles. The van der Waals surface area contributed by atoms with Crippen LogP contribution in [0.15, 0.2) is 0 Å². The third-order valence-electron chi connectivity index (χ3n) is 0. The molecule has 2 radical (unpaired) electrons. The predicted octanol–water partition coefficient (Wildman–Crippen LogP) is -0.221. The summed E-state index contributed by atoms with van der Waals surface area (Å²) in [5, 5.41) is 0. The Kier molecular flexibility index (Phi) is 10.7. The molecular weight excluding hydrogens is 130 g/mol. The molecule has 0 saturated carbocycles. The number of thiocarbonyl (C=S) groups is 1. The minimum Gasteiger partial charge on any atom is -0.385 e. The molecule has 0 atom stereocenters. The van der Waals surface area contributed by atoms with Crippen molar-refractivity contribution in [2.24, 2.45) is 5.73 Å². The Morgan fingerprint density at radius 2 is 1.80 bits per heavy atom. The van der Waals surface area contributed by atoms with E-state index < -0.39 is 0 Å². The van der Waals surface area contributed by atoms with Crippen molar-refractivity contribution in [1.82, 2.24) is 0 Å². The Bertz CT molecular complexity index is 32.6. The minimum atomic E-state index is 0. The zero-order valence-corrected chi connectivity index (χ0v) is 6.56. The molecule has 2 N–H and O–H groups in total. The van der Waals surface area contributed by atoms with Gasteiger partial charge in [-0.2, -0.15) is 0 Å². The smallest absolute Gasteiger partial charge is 0.128 e. The van der Waals surface area contributed by atoms with E-state index in [1.165, 1.54) is 0 Å². The third kappa shape index (κ3) is 29.9. The summed E-state index contributed by atoms with van der Waals surface area (Å²) in [4.78, 5) is 0. The van der Waals surface area contributed by atoms with Gasteiger partial charge in [-0.05, 0) is 0 Å². The number of rotatable bonds is 0. The summed E-state index contributed by atoms with van der Waals surface area (Å²) in [6, 6.07) is 0. The first-order chi connectivity index (χ1) is 1.73. The zero-order valence-electron chi connectivity index (χ0n) is 2.64. The molecular formula is CH3CaNS2. The summed E-state index contributed by atoms with van der Waals surface area (Å²) in [5.41, 5.74) is 4.71. The van der Waals surface area contributed by atoms with Crippen LogP contribution in [0.4, 0.5) is 0 Å². The van der Waals surface area contributed by atoms with Crippen molar-refractivity contribution in [2.45, 2.75) is 0 Å². The SMILES string of the molecule is NC(=S)S.[Ca]. The van der Waals surface area contributed by atoms with Crippen molar-refractivity contribution < 1.29 is 0 Å². The van der Waals surface area contributed by atoms with Gasteiger partial charge in [-0.15, -0.1) is 12.6 Å². The van der Waals surface area contributed by atoms with E-state index in [0.717, 1.165) is 0 Å². The van der Waals surface area contributed by atoms with Crippen LogP contribution in [0.25, 0.3) is 0 Å². The summed E-state index contributed by atoms with van der Waals surface area (Å²) < 4.78 is 0.194. The first kappa shape index (κ1) is 9.71. The Balaban J connectivity index is 0. The Hall–Kier alpha value is 1.50. The summed E-state index contributed by atoms with van der Waals surface area (Å²) in [5.74, 6) is 0. The van der Waals surface area contributed by atoms with E-state index in [4.69, 9.17) is 5.73 Å². The van der Waals surface area contributed by atoms with E-state index in [0.29, 0.717) is 0 Å². The minimum absolute atomic E-state index is 0. The van der Waals surface area contributed by atoms with E-state index in [1.807, 2.05) is 0 Å². The Morgan fingerprint density at radius 3 is 1.80 bits per heavy atom. The van der Waals surface area contributed by atoms with E-state index in [1.54, 1.807) is 0 Å². The standard InChI is InChI=1S/CH3NS2.Ca/c2-1(3)4;/h(H3,2,3,4);. The summed E-state index contributed by atoms with van der Waals surface area (Å²) in [7, 11) is 0. The average Bonchev–Trinajstić information content (AvgIpc) is 0.811. The van der Waals surface area contributed by atoms with Gasteiger partial charge in [0.15, 0.2) is 0 Å². The molecule has 0 fully saturated rings. The molecule has 26 valence electrons. The van der Waals surface area contributed by atoms with Gasteiger partial charge in [0.1, 0.15) is 4.32 Å². The summed E-state index contributed by atoms with van der Waals surface area (Å²) >= 11 is 7.65. The molecule has 0 amide bonds. The summed E-state index contributed by atoms with van der Waals surface area (Å²) in [6.45, 7) is 0. The molecule has 0 heterocycles. The summed E-state index contributed by atoms with van der Waals surface area (Å²) in [6.07, 6.45) is 0. The molecule has 0 aromatic rings. The zero-order chi connectivity index (χ0) is 3.58. The molecule has 1 nitrogen and oxygen atoms in total. The molecule has 0 aliphatic carbocycles. The van der Waals surface area contributed by atoms with Crippen LogP contribution in [0, 0.1) is 0 Å². The van der Waals surface area contributed by atoms with Gasteiger partial charge in [0.05, 0.1) is 0 Å². The van der Waals surface area contributed by atoms with Gasteiger partial charge in [-0.25, -0.2) is 0 Å². The van der Waals surface area contributed by atoms with Crippen LogP contribution in [-0.4, -0.2) is 42.1 Å². The molecule has 0 unspecified atom stereocenters. The van der Waals surface area contributed by atoms with Gasteiger partial charge in [0.25, 0.3) is 0 Å². The van der Waals surface area contributed by atoms with E-state index in [9.17, 15) is 0 Å². The van der Waals surface area contributed by atoms with Crippen LogP contribution in [0.3, 0.4) is 0 Å². The molecule has 5 heavy (non-hydrogen) atoms. The molecule has 0 saturated heterocycles. The fourth-order valence-corrected chi connectivity index (χ4v) is 0. The van der Waals surface area contributed by atoms with Gasteiger partial charge in [0, 0.05) is 37.7 Å². The number of hydrogen-bond acceptors (Lipinski definition) is 1. The molecule has 0 aromatic heterocycles. The van der Waals surface area contributed by atoms with Crippen LogP contribution in [0.1, 0.15) is 0 Å². The number of hydrogen-bond donors (Lipinski definition) is 2. The third-order valence-corrected chi connectivity index (χ3v) is 0. The second-order valence-corrected chi connectivity index (χ2v) is 1.56. The fourth-order valence-electron chi connectivity index (χ4n) is 0. The van der Waals surface area contributed by atoms with Crippen molar-refractivity contribution >= 4 is 66.9 Å². The van der Waals surface area contributed by atoms with Crippen LogP contribution < -0.4 is 5.73 Å². The monoisotopic (exact) mass is 133 g/mol. The van der Waals surface area contributed by atoms with Crippen LogP contribution >= 0.6 is 24.8 Å². The van der Waals surface area contributed by atoms with Gasteiger partial charge in [0.2, 0.25) is 0 Å². The molecule has 0 aliphatic rings. The van der Waals surface area contributed by atoms with Crippen molar-refractivity contribution in [1.29, 1.82) is 0 Å². The maximum absolute atomic E-state index is 4.71. The quantitative estimate of drug-likeness (QED) is 0.271. The maximum Gasteiger partial charge on any atom is 0.128 e. The molecule has 0 aliphatic heterocycles. The van der Waals surface area contributed by atoms with Crippen molar-refractivity contribution in [3.8, 4) is 0 Å². The van der Waals surface area contributed by atoms with E-state index in [-0.39, 0.29) is 42.1 Å². The molecule has 0 spiro atoms. The van der Waals surface area contributed by atoms with Crippen LogP contribution in [0.5, 0.6) is 0 Å². The maximum atomic E-state index is 4.71. The number of thiol groups is 1. The van der Waals surface area contributed by atoms with Crippen molar-refractivity contribution in [3.05, 3.63) is 0 Å². The fraction of sp³-hybridized carbons (Fsp3) is 0. The first-order valence-corrected chi connectivity index (χ1v) is 1.57. The van der Waals surface area contributed by atoms with Gasteiger partial charge in [-0.1, -0.05) is 12.2 Å². The molecule has 0 bridgehead atoms. The second-order valence-electron chi connectivity index (χ2n) is 0.338. The number of nitrogens with two attached hydrogens (primary N) is 1. The van der Waals surface area contributed by atoms with Gasteiger partial charge < -0.3 is 5.73 Å². The second kappa shape index (κ2) is 5.50. The first-order valence-electron chi connectivity index (χ1n) is 0.716. The van der Waals surface area contributed by atoms with Crippen molar-refractivity contribution in [2.75, 3.05) is 0 Å². The van der Waals surface area contributed by atoms with Gasteiger partial charge >= 0.3 is 0 Å². The van der Waals surface area contributed by atoms with E-state index in [2.05, 4.69) is 24.8 Å². The predicted molar refractivity (Wildman–Crippen MR) is 31.5 cm³/mol. The Morgan fingerprint density at radius 1 is 1.80 bits per heavy atom.